The van der Waals surface area contributed by atoms with Crippen LogP contribution in [0.15, 0.2) is 23.5 Å². The number of hydrogen-bond acceptors (Lipinski definition) is 3. The van der Waals surface area contributed by atoms with E-state index in [1.807, 2.05) is 30.2 Å². The van der Waals surface area contributed by atoms with Gasteiger partial charge in [0.1, 0.15) is 0 Å². The van der Waals surface area contributed by atoms with Crippen molar-refractivity contribution in [3.8, 4) is 0 Å². The molecule has 1 aromatic heterocycles. The molecule has 0 unspecified atom stereocenters. The third kappa shape index (κ3) is 1.75. The van der Waals surface area contributed by atoms with Crippen molar-refractivity contribution in [3.05, 3.63) is 29.6 Å². The highest BCUT2D eigenvalue weighted by Crippen LogP contribution is 2.24. The van der Waals surface area contributed by atoms with Gasteiger partial charge in [0.15, 0.2) is 0 Å². The molecular weight excluding hydrogens is 180 g/mol. The number of aromatic nitrogens is 1. The van der Waals surface area contributed by atoms with Gasteiger partial charge in [0.25, 0.3) is 0 Å². The molecular formula is C10H12N2S. The van der Waals surface area contributed by atoms with Crippen LogP contribution in [-0.2, 0) is 0 Å². The average molecular weight is 192 g/mol. The minimum Gasteiger partial charge on any atom is -0.274 e. The maximum Gasteiger partial charge on any atom is 0.0999 e. The summed E-state index contributed by atoms with van der Waals surface area (Å²) < 4.78 is 0. The van der Waals surface area contributed by atoms with Crippen molar-refractivity contribution in [2.24, 2.45) is 4.99 Å². The third-order valence-electron chi connectivity index (χ3n) is 2.07. The molecule has 13 heavy (non-hydrogen) atoms. The molecule has 0 spiro atoms. The lowest BCUT2D eigenvalue weighted by Gasteiger charge is -2.02. The highest BCUT2D eigenvalue weighted by molar-refractivity contribution is 8.14. The maximum absolute atomic E-state index is 4.56. The van der Waals surface area contributed by atoms with Gasteiger partial charge in [-0.15, -0.1) is 11.8 Å². The van der Waals surface area contributed by atoms with Crippen molar-refractivity contribution in [2.75, 3.05) is 5.75 Å². The zero-order valence-electron chi connectivity index (χ0n) is 7.82. The second-order valence-corrected chi connectivity index (χ2v) is 4.29. The van der Waals surface area contributed by atoms with Crippen LogP contribution in [0.3, 0.4) is 0 Å². The smallest absolute Gasteiger partial charge is 0.0999 e. The summed E-state index contributed by atoms with van der Waals surface area (Å²) >= 11 is 1.83. The molecule has 2 nitrogen and oxygen atoms in total. The Bertz CT molecular complexity index is 347. The molecule has 1 atom stereocenters. The monoisotopic (exact) mass is 192 g/mol. The molecule has 1 aliphatic heterocycles. The van der Waals surface area contributed by atoms with Gasteiger partial charge in [0, 0.05) is 23.7 Å². The van der Waals surface area contributed by atoms with Crippen molar-refractivity contribution in [1.29, 1.82) is 0 Å². The Hall–Kier alpha value is -0.830. The maximum atomic E-state index is 4.56. The van der Waals surface area contributed by atoms with Gasteiger partial charge in [0.2, 0.25) is 0 Å². The summed E-state index contributed by atoms with van der Waals surface area (Å²) in [6, 6.07) is 2.49. The lowest BCUT2D eigenvalue weighted by molar-refractivity contribution is 0.865. The van der Waals surface area contributed by atoms with Gasteiger partial charge in [-0.3, -0.25) is 9.98 Å². The Morgan fingerprint density at radius 1 is 1.54 bits per heavy atom. The Kier molecular flexibility index (Phi) is 2.36. The second-order valence-electron chi connectivity index (χ2n) is 3.28. The number of aryl methyl sites for hydroxylation is 1. The number of pyridine rings is 1. The highest BCUT2D eigenvalue weighted by Gasteiger charge is 2.16. The summed E-state index contributed by atoms with van der Waals surface area (Å²) in [5, 5.41) is 1.15. The third-order valence-corrected chi connectivity index (χ3v) is 3.32. The minimum absolute atomic E-state index is 0.458. The van der Waals surface area contributed by atoms with Crippen molar-refractivity contribution in [1.82, 2.24) is 4.98 Å². The second kappa shape index (κ2) is 3.50. The lowest BCUT2D eigenvalue weighted by atomic mass is 10.2. The molecule has 3 heteroatoms. The normalized spacial score (nSPS) is 21.7. The fourth-order valence-electron chi connectivity index (χ4n) is 1.31. The van der Waals surface area contributed by atoms with Crippen molar-refractivity contribution in [3.63, 3.8) is 0 Å². The number of hydrogen-bond donors (Lipinski definition) is 0. The summed E-state index contributed by atoms with van der Waals surface area (Å²) in [6.07, 6.45) is 3.72. The largest absolute Gasteiger partial charge is 0.274 e. The molecule has 0 N–H and O–H groups in total. The molecule has 0 aliphatic carbocycles. The van der Waals surface area contributed by atoms with E-state index in [1.165, 1.54) is 11.1 Å². The molecule has 0 aromatic carbocycles. The number of nitrogens with zero attached hydrogens (tertiary/aromatic N) is 2. The van der Waals surface area contributed by atoms with E-state index in [-0.39, 0.29) is 0 Å². The first-order valence-electron chi connectivity index (χ1n) is 4.39. The standard InChI is InChI=1S/C10H12N2S/c1-7-3-4-11-5-9(7)10-12-8(2)6-13-10/h3-5,8H,6H2,1-2H3/t8-/m1/s1. The van der Waals surface area contributed by atoms with E-state index in [0.29, 0.717) is 6.04 Å². The quantitative estimate of drug-likeness (QED) is 0.682. The molecule has 2 rings (SSSR count). The topological polar surface area (TPSA) is 25.2 Å². The van der Waals surface area contributed by atoms with Crippen molar-refractivity contribution >= 4 is 16.8 Å². The predicted molar refractivity (Wildman–Crippen MR) is 57.4 cm³/mol. The molecule has 0 radical (unpaired) electrons. The van der Waals surface area contributed by atoms with Crippen LogP contribution in [0, 0.1) is 6.92 Å². The van der Waals surface area contributed by atoms with Crippen LogP contribution >= 0.6 is 11.8 Å². The van der Waals surface area contributed by atoms with Gasteiger partial charge in [-0.25, -0.2) is 0 Å². The van der Waals surface area contributed by atoms with Gasteiger partial charge in [-0.05, 0) is 25.5 Å². The number of aliphatic imine (C=N–C) groups is 1. The summed E-state index contributed by atoms with van der Waals surface area (Å²) in [5.74, 6) is 1.10. The summed E-state index contributed by atoms with van der Waals surface area (Å²) in [5.41, 5.74) is 2.45. The van der Waals surface area contributed by atoms with Crippen LogP contribution in [0.25, 0.3) is 0 Å². The van der Waals surface area contributed by atoms with Crippen LogP contribution in [0.2, 0.25) is 0 Å². The Morgan fingerprint density at radius 2 is 2.38 bits per heavy atom. The van der Waals surface area contributed by atoms with Crippen LogP contribution in [-0.4, -0.2) is 21.8 Å². The zero-order chi connectivity index (χ0) is 9.26. The van der Waals surface area contributed by atoms with E-state index in [1.54, 1.807) is 0 Å². The Labute approximate surface area is 82.5 Å². The van der Waals surface area contributed by atoms with Crippen LogP contribution in [0.4, 0.5) is 0 Å². The molecule has 1 aliphatic rings. The summed E-state index contributed by atoms with van der Waals surface area (Å²) in [7, 11) is 0. The van der Waals surface area contributed by atoms with E-state index < -0.39 is 0 Å². The molecule has 1 aromatic rings. The van der Waals surface area contributed by atoms with Gasteiger partial charge in [-0.1, -0.05) is 0 Å². The molecule has 0 saturated heterocycles. The van der Waals surface area contributed by atoms with Crippen molar-refractivity contribution in [2.45, 2.75) is 19.9 Å². The number of thioether (sulfide) groups is 1. The molecule has 0 amide bonds. The summed E-state index contributed by atoms with van der Waals surface area (Å²) in [4.78, 5) is 8.68. The zero-order valence-corrected chi connectivity index (χ0v) is 8.64. The Balaban J connectivity index is 2.36. The SMILES string of the molecule is Cc1ccncc1C1=N[C@H](C)CS1. The average Bonchev–Trinajstić information content (AvgIpc) is 2.53. The fraction of sp³-hybridized carbons (Fsp3) is 0.400. The minimum atomic E-state index is 0.458. The molecule has 2 heterocycles. The molecule has 0 saturated carbocycles. The van der Waals surface area contributed by atoms with E-state index in [9.17, 15) is 0 Å². The highest BCUT2D eigenvalue weighted by atomic mass is 32.2. The van der Waals surface area contributed by atoms with E-state index in [4.69, 9.17) is 0 Å². The van der Waals surface area contributed by atoms with E-state index in [2.05, 4.69) is 23.8 Å². The predicted octanol–water partition coefficient (Wildman–Crippen LogP) is 2.27. The first kappa shape index (κ1) is 8.75. The van der Waals surface area contributed by atoms with Crippen molar-refractivity contribution < 1.29 is 0 Å². The molecule has 0 fully saturated rings. The van der Waals surface area contributed by atoms with Gasteiger partial charge in [-0.2, -0.15) is 0 Å². The van der Waals surface area contributed by atoms with E-state index in [0.717, 1.165) is 10.8 Å². The lowest BCUT2D eigenvalue weighted by Crippen LogP contribution is -1.96. The first-order valence-corrected chi connectivity index (χ1v) is 5.37. The van der Waals surface area contributed by atoms with Gasteiger partial charge < -0.3 is 0 Å². The van der Waals surface area contributed by atoms with Gasteiger partial charge in [0.05, 0.1) is 11.1 Å². The first-order chi connectivity index (χ1) is 6.27. The van der Waals surface area contributed by atoms with Crippen LogP contribution in [0.1, 0.15) is 18.1 Å². The fourth-order valence-corrected chi connectivity index (χ4v) is 2.41. The van der Waals surface area contributed by atoms with Crippen LogP contribution in [0.5, 0.6) is 0 Å². The van der Waals surface area contributed by atoms with Gasteiger partial charge >= 0.3 is 0 Å². The van der Waals surface area contributed by atoms with E-state index >= 15 is 0 Å². The molecule has 68 valence electrons. The van der Waals surface area contributed by atoms with Crippen LogP contribution < -0.4 is 0 Å². The molecule has 0 bridgehead atoms. The number of rotatable bonds is 1. The Morgan fingerprint density at radius 3 is 3.00 bits per heavy atom. The summed E-state index contributed by atoms with van der Waals surface area (Å²) in [6.45, 7) is 4.24.